The van der Waals surface area contributed by atoms with Crippen LogP contribution < -0.4 is 18.9 Å². The molecule has 3 aliphatic rings. The summed E-state index contributed by atoms with van der Waals surface area (Å²) in [6.45, 7) is 2.06. The first-order valence-electron chi connectivity index (χ1n) is 10.0. The zero-order valence-electron chi connectivity index (χ0n) is 17.8. The van der Waals surface area contributed by atoms with Crippen molar-refractivity contribution >= 4 is 11.8 Å². The third-order valence-electron chi connectivity index (χ3n) is 6.30. The number of fused-ring (bicyclic) bond motifs is 6. The van der Waals surface area contributed by atoms with Crippen molar-refractivity contribution in [3.8, 4) is 23.0 Å². The molecule has 0 radical (unpaired) electrons. The number of carbonyl (C=O) groups is 2. The lowest BCUT2D eigenvalue weighted by atomic mass is 9.82. The maximum absolute atomic E-state index is 14.0. The van der Waals surface area contributed by atoms with E-state index in [4.69, 9.17) is 23.7 Å². The van der Waals surface area contributed by atoms with E-state index >= 15 is 0 Å². The van der Waals surface area contributed by atoms with Gasteiger partial charge in [-0.05, 0) is 43.3 Å². The maximum atomic E-state index is 14.0. The summed E-state index contributed by atoms with van der Waals surface area (Å²) in [5.74, 6) is 1.29. The van der Waals surface area contributed by atoms with Gasteiger partial charge >= 0.3 is 5.97 Å². The lowest BCUT2D eigenvalue weighted by molar-refractivity contribution is -0.159. The van der Waals surface area contributed by atoms with Crippen LogP contribution in [-0.2, 0) is 21.6 Å². The predicted octanol–water partition coefficient (Wildman–Crippen LogP) is 2.62. The van der Waals surface area contributed by atoms with Crippen molar-refractivity contribution in [2.24, 2.45) is 0 Å². The number of ketones is 1. The SMILES string of the molecule is COc1ccc2c(c1OC)C1N(C)CCc3cc4c(cc3C1(OC(C)=O)C2=O)OCO4. The summed E-state index contributed by atoms with van der Waals surface area (Å²) in [4.78, 5) is 28.5. The first-order chi connectivity index (χ1) is 14.9. The highest BCUT2D eigenvalue weighted by atomic mass is 16.7. The average Bonchev–Trinajstić information content (AvgIpc) is 3.27. The molecular formula is C23H23NO7. The van der Waals surface area contributed by atoms with E-state index < -0.39 is 17.6 Å². The zero-order valence-corrected chi connectivity index (χ0v) is 17.8. The minimum atomic E-state index is -1.57. The molecule has 0 saturated heterocycles. The van der Waals surface area contributed by atoms with Crippen LogP contribution in [0.4, 0.5) is 0 Å². The van der Waals surface area contributed by atoms with Crippen molar-refractivity contribution < 1.29 is 33.3 Å². The third kappa shape index (κ3) is 2.57. The first kappa shape index (κ1) is 19.7. The topological polar surface area (TPSA) is 83.5 Å². The Bertz CT molecular complexity index is 1110. The first-order valence-corrected chi connectivity index (χ1v) is 10.0. The Labute approximate surface area is 179 Å². The molecular weight excluding hydrogens is 402 g/mol. The molecule has 2 unspecified atom stereocenters. The second-order valence-corrected chi connectivity index (χ2v) is 7.92. The minimum Gasteiger partial charge on any atom is -0.493 e. The van der Waals surface area contributed by atoms with E-state index in [2.05, 4.69) is 0 Å². The fourth-order valence-corrected chi connectivity index (χ4v) is 5.09. The number of hydrogen-bond acceptors (Lipinski definition) is 8. The van der Waals surface area contributed by atoms with Crippen molar-refractivity contribution in [3.63, 3.8) is 0 Å². The number of nitrogens with zero attached hydrogens (tertiary/aromatic N) is 1. The number of benzene rings is 2. The summed E-state index contributed by atoms with van der Waals surface area (Å²) >= 11 is 0. The lowest BCUT2D eigenvalue weighted by Gasteiger charge is -2.37. The second-order valence-electron chi connectivity index (χ2n) is 7.92. The van der Waals surface area contributed by atoms with E-state index in [1.54, 1.807) is 25.3 Å². The summed E-state index contributed by atoms with van der Waals surface area (Å²) in [7, 11) is 5.00. The molecule has 0 amide bonds. The van der Waals surface area contributed by atoms with Gasteiger partial charge in [0.2, 0.25) is 18.2 Å². The van der Waals surface area contributed by atoms with Crippen LogP contribution in [-0.4, -0.2) is 51.3 Å². The number of carbonyl (C=O) groups excluding carboxylic acids is 2. The minimum absolute atomic E-state index is 0.112. The number of Topliss-reactive ketones (excluding diaryl/α,β-unsaturated/α-hetero) is 1. The average molecular weight is 425 g/mol. The number of esters is 1. The fourth-order valence-electron chi connectivity index (χ4n) is 5.09. The van der Waals surface area contributed by atoms with Crippen molar-refractivity contribution in [1.29, 1.82) is 0 Å². The van der Waals surface area contributed by atoms with Crippen molar-refractivity contribution in [1.82, 2.24) is 4.90 Å². The summed E-state index contributed by atoms with van der Waals surface area (Å²) < 4.78 is 28.3. The van der Waals surface area contributed by atoms with Crippen molar-refractivity contribution in [2.75, 3.05) is 34.6 Å². The van der Waals surface area contributed by atoms with Crippen LogP contribution in [0.25, 0.3) is 0 Å². The highest BCUT2D eigenvalue weighted by Crippen LogP contribution is 2.58. The fraction of sp³-hybridized carbons (Fsp3) is 0.391. The Morgan fingerprint density at radius 1 is 1.16 bits per heavy atom. The highest BCUT2D eigenvalue weighted by Gasteiger charge is 2.62. The molecule has 0 fully saturated rings. The van der Waals surface area contributed by atoms with Crippen LogP contribution in [0, 0.1) is 0 Å². The van der Waals surface area contributed by atoms with Gasteiger partial charge in [0.25, 0.3) is 0 Å². The Balaban J connectivity index is 1.85. The molecule has 2 aromatic rings. The zero-order chi connectivity index (χ0) is 21.9. The molecule has 5 rings (SSSR count). The van der Waals surface area contributed by atoms with E-state index in [0.717, 1.165) is 5.56 Å². The van der Waals surface area contributed by atoms with Crippen LogP contribution in [0.2, 0.25) is 0 Å². The van der Waals surface area contributed by atoms with E-state index in [-0.39, 0.29) is 12.6 Å². The molecule has 0 aromatic heterocycles. The van der Waals surface area contributed by atoms with Crippen molar-refractivity contribution in [3.05, 3.63) is 46.5 Å². The smallest absolute Gasteiger partial charge is 0.304 e. The van der Waals surface area contributed by atoms with E-state index in [9.17, 15) is 9.59 Å². The molecule has 1 aliphatic carbocycles. The number of methoxy groups -OCH3 is 2. The standard InChI is InChI=1S/C23H23NO7/c1-12(25)31-23-15-10-18-17(29-11-30-18)9-13(15)7-8-24(2)21(23)19-14(22(23)26)5-6-16(27-3)20(19)28-4/h5-6,9-10,21H,7-8,11H2,1-4H3. The van der Waals surface area contributed by atoms with Gasteiger partial charge < -0.3 is 23.7 Å². The molecule has 0 N–H and O–H groups in total. The van der Waals surface area contributed by atoms with Crippen LogP contribution >= 0.6 is 0 Å². The summed E-state index contributed by atoms with van der Waals surface area (Å²) in [5.41, 5.74) is 1.02. The quantitative estimate of drug-likeness (QED) is 0.694. The highest BCUT2D eigenvalue weighted by molar-refractivity contribution is 6.10. The van der Waals surface area contributed by atoms with Gasteiger partial charge in [-0.25, -0.2) is 0 Å². The molecule has 2 aromatic carbocycles. The third-order valence-corrected chi connectivity index (χ3v) is 6.30. The number of rotatable bonds is 3. The number of likely N-dealkylation sites (N-methyl/N-ethyl adjacent to an activating group) is 1. The normalized spacial score (nSPS) is 23.5. The van der Waals surface area contributed by atoms with E-state index in [1.165, 1.54) is 14.0 Å². The maximum Gasteiger partial charge on any atom is 0.304 e. The van der Waals surface area contributed by atoms with Gasteiger partial charge in [-0.3, -0.25) is 14.5 Å². The van der Waals surface area contributed by atoms with Gasteiger partial charge in [-0.2, -0.15) is 0 Å². The molecule has 0 bridgehead atoms. The molecule has 2 heterocycles. The molecule has 31 heavy (non-hydrogen) atoms. The Morgan fingerprint density at radius 2 is 1.90 bits per heavy atom. The molecule has 8 heteroatoms. The Kier molecular flexibility index (Phi) is 4.37. The van der Waals surface area contributed by atoms with Gasteiger partial charge in [0.1, 0.15) is 0 Å². The summed E-state index contributed by atoms with van der Waals surface area (Å²) in [6.07, 6.45) is 0.650. The predicted molar refractivity (Wildman–Crippen MR) is 109 cm³/mol. The molecule has 8 nitrogen and oxygen atoms in total. The second kappa shape index (κ2) is 6.88. The van der Waals surface area contributed by atoms with Gasteiger partial charge in [-0.1, -0.05) is 0 Å². The summed E-state index contributed by atoms with van der Waals surface area (Å²) in [5, 5.41) is 0. The molecule has 0 saturated carbocycles. The number of ether oxygens (including phenoxy) is 5. The van der Waals surface area contributed by atoms with Gasteiger partial charge in [0.15, 0.2) is 23.0 Å². The van der Waals surface area contributed by atoms with Gasteiger partial charge in [-0.15, -0.1) is 0 Å². The monoisotopic (exact) mass is 425 g/mol. The lowest BCUT2D eigenvalue weighted by Crippen LogP contribution is -2.46. The van der Waals surface area contributed by atoms with E-state index in [0.29, 0.717) is 52.7 Å². The molecule has 0 spiro atoms. The van der Waals surface area contributed by atoms with Gasteiger partial charge in [0, 0.05) is 30.2 Å². The largest absolute Gasteiger partial charge is 0.493 e. The molecule has 162 valence electrons. The summed E-state index contributed by atoms with van der Waals surface area (Å²) in [6, 6.07) is 6.47. The van der Waals surface area contributed by atoms with Crippen LogP contribution in [0.15, 0.2) is 24.3 Å². The van der Waals surface area contributed by atoms with Crippen LogP contribution in [0.5, 0.6) is 23.0 Å². The Morgan fingerprint density at radius 3 is 2.58 bits per heavy atom. The molecule has 2 aliphatic heterocycles. The van der Waals surface area contributed by atoms with E-state index in [1.807, 2.05) is 18.0 Å². The Hall–Kier alpha value is -3.26. The van der Waals surface area contributed by atoms with Gasteiger partial charge in [0.05, 0.1) is 20.3 Å². The number of hydrogen-bond donors (Lipinski definition) is 0. The van der Waals surface area contributed by atoms with Crippen molar-refractivity contribution in [2.45, 2.75) is 25.0 Å². The van der Waals surface area contributed by atoms with Crippen LogP contribution in [0.1, 0.15) is 40.0 Å². The van der Waals surface area contributed by atoms with Crippen LogP contribution in [0.3, 0.4) is 0 Å². The molecule has 2 atom stereocenters.